The van der Waals surface area contributed by atoms with Crippen LogP contribution in [0.1, 0.15) is 38.5 Å². The molecule has 1 unspecified atom stereocenters. The van der Waals surface area contributed by atoms with Gasteiger partial charge in [0, 0.05) is 19.7 Å². The summed E-state index contributed by atoms with van der Waals surface area (Å²) >= 11 is 0. The minimum atomic E-state index is -0.393. The molecule has 1 aliphatic rings. The average molecular weight is 259 g/mol. The summed E-state index contributed by atoms with van der Waals surface area (Å²) in [5, 5.41) is 9.91. The predicted molar refractivity (Wildman–Crippen MR) is 72.8 cm³/mol. The average Bonchev–Trinajstić information content (AvgIpc) is 2.63. The maximum absolute atomic E-state index is 9.91. The Balaban J connectivity index is 2.14. The number of ether oxygens (including phenoxy) is 2. The molecule has 0 radical (unpaired) electrons. The van der Waals surface area contributed by atoms with Crippen LogP contribution >= 0.6 is 0 Å². The van der Waals surface area contributed by atoms with Gasteiger partial charge in [-0.1, -0.05) is 25.7 Å². The number of nitrogens with zero attached hydrogens (tertiary/aromatic N) is 1. The Morgan fingerprint density at radius 3 is 2.44 bits per heavy atom. The molecule has 0 saturated heterocycles. The van der Waals surface area contributed by atoms with E-state index in [4.69, 9.17) is 9.47 Å². The molecule has 0 spiro atoms. The fraction of sp³-hybridized carbons (Fsp3) is 1.00. The molecule has 0 aromatic rings. The van der Waals surface area contributed by atoms with Gasteiger partial charge in [-0.2, -0.15) is 0 Å². The highest BCUT2D eigenvalue weighted by atomic mass is 16.5. The van der Waals surface area contributed by atoms with Crippen molar-refractivity contribution in [2.75, 3.05) is 40.5 Å². The number of likely N-dealkylation sites (N-methyl/N-ethyl adjacent to an activating group) is 1. The molecule has 18 heavy (non-hydrogen) atoms. The molecule has 1 N–H and O–H groups in total. The number of aliphatic hydroxyl groups excluding tert-OH is 1. The molecule has 1 fully saturated rings. The summed E-state index contributed by atoms with van der Waals surface area (Å²) in [5.74, 6) is 0. The van der Waals surface area contributed by atoms with Crippen molar-refractivity contribution in [3.8, 4) is 0 Å². The lowest BCUT2D eigenvalue weighted by molar-refractivity contribution is -0.00309. The van der Waals surface area contributed by atoms with Gasteiger partial charge in [0.2, 0.25) is 0 Å². The number of methoxy groups -OCH3 is 1. The highest BCUT2D eigenvalue weighted by Gasteiger charge is 2.19. The van der Waals surface area contributed by atoms with E-state index >= 15 is 0 Å². The number of hydrogen-bond acceptors (Lipinski definition) is 4. The van der Waals surface area contributed by atoms with E-state index in [0.717, 1.165) is 0 Å². The molecule has 1 aliphatic carbocycles. The van der Waals surface area contributed by atoms with Crippen LogP contribution in [-0.4, -0.2) is 62.7 Å². The topological polar surface area (TPSA) is 41.9 Å². The van der Waals surface area contributed by atoms with Gasteiger partial charge in [0.05, 0.1) is 25.9 Å². The van der Waals surface area contributed by atoms with Gasteiger partial charge in [-0.25, -0.2) is 0 Å². The van der Waals surface area contributed by atoms with Crippen LogP contribution in [0.25, 0.3) is 0 Å². The Morgan fingerprint density at radius 1 is 1.17 bits per heavy atom. The van der Waals surface area contributed by atoms with Gasteiger partial charge in [0.25, 0.3) is 0 Å². The lowest BCUT2D eigenvalue weighted by Gasteiger charge is -2.28. The summed E-state index contributed by atoms with van der Waals surface area (Å²) in [6.07, 6.45) is 7.54. The SMILES string of the molecule is COCCOCC(O)CN(C)C1CCCCCC1. The summed E-state index contributed by atoms with van der Waals surface area (Å²) < 4.78 is 10.2. The third-order valence-electron chi connectivity index (χ3n) is 3.69. The first kappa shape index (κ1) is 15.9. The van der Waals surface area contributed by atoms with E-state index in [1.54, 1.807) is 7.11 Å². The van der Waals surface area contributed by atoms with Crippen LogP contribution in [0.3, 0.4) is 0 Å². The maximum Gasteiger partial charge on any atom is 0.0900 e. The Morgan fingerprint density at radius 2 is 1.83 bits per heavy atom. The lowest BCUT2D eigenvalue weighted by Crippen LogP contribution is -2.39. The van der Waals surface area contributed by atoms with Gasteiger partial charge >= 0.3 is 0 Å². The molecule has 1 saturated carbocycles. The second kappa shape index (κ2) is 9.73. The van der Waals surface area contributed by atoms with Crippen molar-refractivity contribution in [2.24, 2.45) is 0 Å². The van der Waals surface area contributed by atoms with Crippen LogP contribution in [-0.2, 0) is 9.47 Å². The minimum absolute atomic E-state index is 0.393. The monoisotopic (exact) mass is 259 g/mol. The smallest absolute Gasteiger partial charge is 0.0900 e. The minimum Gasteiger partial charge on any atom is -0.389 e. The summed E-state index contributed by atoms with van der Waals surface area (Å²) in [6.45, 7) is 2.25. The highest BCUT2D eigenvalue weighted by Crippen LogP contribution is 2.21. The zero-order valence-corrected chi connectivity index (χ0v) is 11.9. The molecule has 0 heterocycles. The van der Waals surface area contributed by atoms with Gasteiger partial charge in [0.15, 0.2) is 0 Å². The third kappa shape index (κ3) is 6.69. The fourth-order valence-electron chi connectivity index (χ4n) is 2.59. The number of aliphatic hydroxyl groups is 1. The highest BCUT2D eigenvalue weighted by molar-refractivity contribution is 4.74. The first-order valence-corrected chi connectivity index (χ1v) is 7.19. The van der Waals surface area contributed by atoms with E-state index in [-0.39, 0.29) is 0 Å². The standard InChI is InChI=1S/C14H29NO3/c1-15(13-7-5-3-4-6-8-13)11-14(16)12-18-10-9-17-2/h13-14,16H,3-12H2,1-2H3. The molecule has 1 rings (SSSR count). The van der Waals surface area contributed by atoms with E-state index < -0.39 is 6.10 Å². The molecule has 108 valence electrons. The van der Waals surface area contributed by atoms with Gasteiger partial charge in [0.1, 0.15) is 0 Å². The second-order valence-corrected chi connectivity index (χ2v) is 5.31. The Labute approximate surface area is 111 Å². The molecule has 0 aromatic carbocycles. The largest absolute Gasteiger partial charge is 0.389 e. The van der Waals surface area contributed by atoms with Crippen LogP contribution in [0, 0.1) is 0 Å². The molecule has 1 atom stereocenters. The molecule has 0 aromatic heterocycles. The molecule has 4 nitrogen and oxygen atoms in total. The quantitative estimate of drug-likeness (QED) is 0.532. The van der Waals surface area contributed by atoms with Crippen molar-refractivity contribution in [3.05, 3.63) is 0 Å². The fourth-order valence-corrected chi connectivity index (χ4v) is 2.59. The summed E-state index contributed by atoms with van der Waals surface area (Å²) in [4.78, 5) is 2.30. The summed E-state index contributed by atoms with van der Waals surface area (Å²) in [6, 6.07) is 0.640. The van der Waals surface area contributed by atoms with Gasteiger partial charge in [-0.15, -0.1) is 0 Å². The van der Waals surface area contributed by atoms with E-state index in [2.05, 4.69) is 11.9 Å². The van der Waals surface area contributed by atoms with Crippen LogP contribution in [0.15, 0.2) is 0 Å². The summed E-state index contributed by atoms with van der Waals surface area (Å²) in [5.41, 5.74) is 0. The Kier molecular flexibility index (Phi) is 8.59. The van der Waals surface area contributed by atoms with E-state index in [1.807, 2.05) is 0 Å². The molecule has 0 amide bonds. The normalized spacial score (nSPS) is 20.0. The van der Waals surface area contributed by atoms with Crippen molar-refractivity contribution in [1.82, 2.24) is 4.90 Å². The van der Waals surface area contributed by atoms with Gasteiger partial charge in [-0.3, -0.25) is 0 Å². The molecular formula is C14H29NO3. The second-order valence-electron chi connectivity index (χ2n) is 5.31. The number of rotatable bonds is 8. The van der Waals surface area contributed by atoms with Crippen molar-refractivity contribution in [1.29, 1.82) is 0 Å². The van der Waals surface area contributed by atoms with Gasteiger partial charge in [-0.05, 0) is 19.9 Å². The summed E-state index contributed by atoms with van der Waals surface area (Å²) in [7, 11) is 3.77. The zero-order valence-electron chi connectivity index (χ0n) is 11.9. The van der Waals surface area contributed by atoms with E-state index in [1.165, 1.54) is 38.5 Å². The van der Waals surface area contributed by atoms with Crippen molar-refractivity contribution in [3.63, 3.8) is 0 Å². The van der Waals surface area contributed by atoms with Crippen LogP contribution in [0.5, 0.6) is 0 Å². The Bertz CT molecular complexity index is 193. The third-order valence-corrected chi connectivity index (χ3v) is 3.69. The zero-order chi connectivity index (χ0) is 13.2. The molecule has 4 heteroatoms. The van der Waals surface area contributed by atoms with E-state index in [9.17, 15) is 5.11 Å². The van der Waals surface area contributed by atoms with Crippen LogP contribution in [0.2, 0.25) is 0 Å². The first-order chi connectivity index (χ1) is 8.74. The van der Waals surface area contributed by atoms with E-state index in [0.29, 0.717) is 32.4 Å². The van der Waals surface area contributed by atoms with Crippen LogP contribution in [0.4, 0.5) is 0 Å². The maximum atomic E-state index is 9.91. The molecule has 0 bridgehead atoms. The van der Waals surface area contributed by atoms with Crippen LogP contribution < -0.4 is 0 Å². The number of hydrogen-bond donors (Lipinski definition) is 1. The van der Waals surface area contributed by atoms with Crippen molar-refractivity contribution >= 4 is 0 Å². The molecule has 0 aliphatic heterocycles. The van der Waals surface area contributed by atoms with Crippen molar-refractivity contribution in [2.45, 2.75) is 50.7 Å². The predicted octanol–water partition coefficient (Wildman–Crippen LogP) is 1.66. The Hall–Kier alpha value is -0.160. The lowest BCUT2D eigenvalue weighted by atomic mass is 10.1. The first-order valence-electron chi connectivity index (χ1n) is 7.19. The van der Waals surface area contributed by atoms with Crippen molar-refractivity contribution < 1.29 is 14.6 Å². The molecular weight excluding hydrogens is 230 g/mol. The van der Waals surface area contributed by atoms with Gasteiger partial charge < -0.3 is 19.5 Å².